The highest BCUT2D eigenvalue weighted by molar-refractivity contribution is 5.91. The number of amides is 1. The lowest BCUT2D eigenvalue weighted by molar-refractivity contribution is -0.134. The summed E-state index contributed by atoms with van der Waals surface area (Å²) >= 11 is 0. The molecule has 4 fully saturated rings. The Kier molecular flexibility index (Phi) is 3.70. The van der Waals surface area contributed by atoms with Crippen molar-refractivity contribution >= 4 is 11.9 Å². The summed E-state index contributed by atoms with van der Waals surface area (Å²) in [6.45, 7) is 1.66. The van der Waals surface area contributed by atoms with Crippen LogP contribution in [0, 0.1) is 17.8 Å². The Hall–Kier alpha value is -1.78. The molecule has 1 heterocycles. The molecule has 0 unspecified atom stereocenters. The van der Waals surface area contributed by atoms with Crippen LogP contribution in [0.4, 0.5) is 0 Å². The van der Waals surface area contributed by atoms with Crippen LogP contribution in [0.25, 0.3) is 0 Å². The van der Waals surface area contributed by atoms with Crippen molar-refractivity contribution in [1.82, 2.24) is 9.88 Å². The third-order valence-electron chi connectivity index (χ3n) is 6.23. The fraction of sp³-hybridized carbons (Fsp3) is 0.684. The maximum absolute atomic E-state index is 12.6. The minimum Gasteiger partial charge on any atom is -0.448 e. The minimum absolute atomic E-state index is 0.0442. The maximum atomic E-state index is 12.6. The van der Waals surface area contributed by atoms with Crippen LogP contribution in [0.1, 0.15) is 55.9 Å². The molecule has 4 saturated carbocycles. The molecule has 0 aromatic carbocycles. The van der Waals surface area contributed by atoms with E-state index in [2.05, 4.69) is 5.32 Å². The molecule has 4 aliphatic rings. The molecular formula is C19H26N2O3. The summed E-state index contributed by atoms with van der Waals surface area (Å²) in [5.74, 6) is 1.73. The van der Waals surface area contributed by atoms with E-state index >= 15 is 0 Å². The Morgan fingerprint density at radius 2 is 1.79 bits per heavy atom. The largest absolute Gasteiger partial charge is 0.448 e. The van der Waals surface area contributed by atoms with Gasteiger partial charge in [0.25, 0.3) is 5.91 Å². The summed E-state index contributed by atoms with van der Waals surface area (Å²) in [7, 11) is 1.79. The topological polar surface area (TPSA) is 60.3 Å². The Labute approximate surface area is 142 Å². The first kappa shape index (κ1) is 15.7. The number of hydrogen-bond acceptors (Lipinski definition) is 3. The second-order valence-electron chi connectivity index (χ2n) is 8.24. The number of hydrogen-bond donors (Lipinski definition) is 1. The van der Waals surface area contributed by atoms with E-state index in [1.54, 1.807) is 36.9 Å². The van der Waals surface area contributed by atoms with Crippen LogP contribution in [0.5, 0.6) is 0 Å². The summed E-state index contributed by atoms with van der Waals surface area (Å²) < 4.78 is 7.08. The third kappa shape index (κ3) is 2.74. The van der Waals surface area contributed by atoms with Gasteiger partial charge in [0.1, 0.15) is 5.69 Å². The number of ether oxygens (including phenoxy) is 1. The molecule has 1 atom stereocenters. The smallest absolute Gasteiger partial charge is 0.355 e. The number of esters is 1. The second kappa shape index (κ2) is 5.64. The van der Waals surface area contributed by atoms with Crippen LogP contribution in [-0.2, 0) is 16.6 Å². The zero-order chi connectivity index (χ0) is 16.9. The molecule has 1 amide bonds. The molecular weight excluding hydrogens is 304 g/mol. The molecule has 24 heavy (non-hydrogen) atoms. The van der Waals surface area contributed by atoms with E-state index in [4.69, 9.17) is 4.74 Å². The first-order valence-corrected chi connectivity index (χ1v) is 9.08. The van der Waals surface area contributed by atoms with E-state index in [1.165, 1.54) is 19.3 Å². The van der Waals surface area contributed by atoms with E-state index < -0.39 is 12.1 Å². The first-order valence-electron chi connectivity index (χ1n) is 9.08. The number of nitrogens with zero attached hydrogens (tertiary/aromatic N) is 1. The average molecular weight is 330 g/mol. The molecule has 5 heteroatoms. The summed E-state index contributed by atoms with van der Waals surface area (Å²) in [4.78, 5) is 24.8. The van der Waals surface area contributed by atoms with Crippen molar-refractivity contribution in [3.8, 4) is 0 Å². The molecule has 0 radical (unpaired) electrons. The van der Waals surface area contributed by atoms with Gasteiger partial charge < -0.3 is 14.6 Å². The average Bonchev–Trinajstić information content (AvgIpc) is 2.91. The number of aromatic nitrogens is 1. The molecule has 1 aromatic heterocycles. The van der Waals surface area contributed by atoms with Gasteiger partial charge in [0.2, 0.25) is 0 Å². The molecule has 5 rings (SSSR count). The molecule has 0 spiro atoms. The van der Waals surface area contributed by atoms with Crippen molar-refractivity contribution in [2.24, 2.45) is 24.8 Å². The van der Waals surface area contributed by atoms with Crippen LogP contribution in [-0.4, -0.2) is 28.1 Å². The van der Waals surface area contributed by atoms with Gasteiger partial charge in [-0.3, -0.25) is 4.79 Å². The fourth-order valence-corrected chi connectivity index (χ4v) is 5.57. The molecule has 130 valence electrons. The van der Waals surface area contributed by atoms with Gasteiger partial charge >= 0.3 is 5.97 Å². The quantitative estimate of drug-likeness (QED) is 0.864. The zero-order valence-corrected chi connectivity index (χ0v) is 14.5. The van der Waals surface area contributed by atoms with Crippen molar-refractivity contribution in [1.29, 1.82) is 0 Å². The van der Waals surface area contributed by atoms with Gasteiger partial charge in [0.15, 0.2) is 6.10 Å². The van der Waals surface area contributed by atoms with E-state index in [0.29, 0.717) is 5.69 Å². The number of nitrogens with one attached hydrogen (secondary N) is 1. The Morgan fingerprint density at radius 1 is 1.21 bits per heavy atom. The Bertz CT molecular complexity index is 628. The Morgan fingerprint density at radius 3 is 2.29 bits per heavy atom. The standard InChI is InChI=1S/C19H26N2O3/c1-12(24-18(23)16-4-3-5-21(16)2)17(22)20-19-9-13-6-14(10-19)8-15(7-13)11-19/h3-5,12-15H,6-11H2,1-2H3,(H,20,22)/t12-,13?,14?,15?,19?/m0/s1. The highest BCUT2D eigenvalue weighted by Gasteiger charge is 2.51. The monoisotopic (exact) mass is 330 g/mol. The predicted molar refractivity (Wildman–Crippen MR) is 89.3 cm³/mol. The molecule has 4 bridgehead atoms. The van der Waals surface area contributed by atoms with Crippen molar-refractivity contribution < 1.29 is 14.3 Å². The van der Waals surface area contributed by atoms with Gasteiger partial charge in [-0.2, -0.15) is 0 Å². The van der Waals surface area contributed by atoms with Crippen LogP contribution >= 0.6 is 0 Å². The predicted octanol–water partition coefficient (Wildman–Crippen LogP) is 2.66. The van der Waals surface area contributed by atoms with Gasteiger partial charge in [-0.25, -0.2) is 4.79 Å². The third-order valence-corrected chi connectivity index (χ3v) is 6.23. The van der Waals surface area contributed by atoms with Gasteiger partial charge in [-0.1, -0.05) is 0 Å². The zero-order valence-electron chi connectivity index (χ0n) is 14.5. The molecule has 5 nitrogen and oxygen atoms in total. The lowest BCUT2D eigenvalue weighted by Crippen LogP contribution is -2.61. The maximum Gasteiger partial charge on any atom is 0.355 e. The first-order chi connectivity index (χ1) is 11.4. The van der Waals surface area contributed by atoms with Crippen molar-refractivity contribution in [3.05, 3.63) is 24.0 Å². The summed E-state index contributed by atoms with van der Waals surface area (Å²) in [5, 5.41) is 3.27. The van der Waals surface area contributed by atoms with Crippen LogP contribution < -0.4 is 5.32 Å². The number of rotatable bonds is 4. The highest BCUT2D eigenvalue weighted by Crippen LogP contribution is 2.55. The number of carbonyl (C=O) groups is 2. The van der Waals surface area contributed by atoms with Gasteiger partial charge in [-0.15, -0.1) is 0 Å². The SMILES string of the molecule is C[C@H](OC(=O)c1cccn1C)C(=O)NC12CC3CC(CC(C3)C1)C2. The van der Waals surface area contributed by atoms with Crippen molar-refractivity contribution in [3.63, 3.8) is 0 Å². The van der Waals surface area contributed by atoms with Crippen LogP contribution in [0.3, 0.4) is 0 Å². The van der Waals surface area contributed by atoms with Crippen molar-refractivity contribution in [2.75, 3.05) is 0 Å². The summed E-state index contributed by atoms with van der Waals surface area (Å²) in [6.07, 6.45) is 8.35. The summed E-state index contributed by atoms with van der Waals surface area (Å²) in [5.41, 5.74) is 0.418. The van der Waals surface area contributed by atoms with E-state index in [0.717, 1.165) is 37.0 Å². The second-order valence-corrected chi connectivity index (χ2v) is 8.24. The van der Waals surface area contributed by atoms with Crippen LogP contribution in [0.2, 0.25) is 0 Å². The van der Waals surface area contributed by atoms with E-state index in [9.17, 15) is 9.59 Å². The molecule has 0 aliphatic heterocycles. The molecule has 4 aliphatic carbocycles. The van der Waals surface area contributed by atoms with E-state index in [1.807, 2.05) is 0 Å². The number of aryl methyl sites for hydroxylation is 1. The van der Waals surface area contributed by atoms with Gasteiger partial charge in [0.05, 0.1) is 0 Å². The molecule has 0 saturated heterocycles. The van der Waals surface area contributed by atoms with Gasteiger partial charge in [0, 0.05) is 18.8 Å². The van der Waals surface area contributed by atoms with E-state index in [-0.39, 0.29) is 11.4 Å². The van der Waals surface area contributed by atoms with Gasteiger partial charge in [-0.05, 0) is 75.3 Å². The Balaban J connectivity index is 1.39. The molecule has 1 aromatic rings. The normalized spacial score (nSPS) is 34.8. The lowest BCUT2D eigenvalue weighted by Gasteiger charge is -2.57. The minimum atomic E-state index is -0.764. The highest BCUT2D eigenvalue weighted by atomic mass is 16.5. The van der Waals surface area contributed by atoms with Crippen LogP contribution in [0.15, 0.2) is 18.3 Å². The number of carbonyl (C=O) groups excluding carboxylic acids is 2. The fourth-order valence-electron chi connectivity index (χ4n) is 5.57. The molecule has 1 N–H and O–H groups in total. The lowest BCUT2D eigenvalue weighted by atomic mass is 9.53. The summed E-state index contributed by atoms with van der Waals surface area (Å²) in [6, 6.07) is 3.49. The van der Waals surface area contributed by atoms with Crippen molar-refractivity contribution in [2.45, 2.75) is 57.1 Å².